The fourth-order valence-corrected chi connectivity index (χ4v) is 4.28. The SMILES string of the molecule is CN1CCCC1C#Cc1cc2ncnc(Nc3ccc(OCc4ccccn4)c(Cl)c3)c2cc1N. The number of nitrogens with one attached hydrogen (secondary N) is 1. The van der Waals surface area contributed by atoms with Gasteiger partial charge in [-0.2, -0.15) is 0 Å². The lowest BCUT2D eigenvalue weighted by Crippen LogP contribution is -2.22. The summed E-state index contributed by atoms with van der Waals surface area (Å²) in [6, 6.07) is 15.2. The van der Waals surface area contributed by atoms with Crippen molar-refractivity contribution in [3.05, 3.63) is 77.3 Å². The number of likely N-dealkylation sites (tertiary alicyclic amines) is 1. The number of aromatic nitrogens is 3. The molecule has 0 aliphatic carbocycles. The molecule has 3 heterocycles. The van der Waals surface area contributed by atoms with Gasteiger partial charge in [0.15, 0.2) is 0 Å². The highest BCUT2D eigenvalue weighted by molar-refractivity contribution is 6.32. The van der Waals surface area contributed by atoms with Crippen LogP contribution in [0.25, 0.3) is 10.9 Å². The fraction of sp³-hybridized carbons (Fsp3) is 0.222. The molecule has 35 heavy (non-hydrogen) atoms. The monoisotopic (exact) mass is 484 g/mol. The normalized spacial score (nSPS) is 15.5. The maximum Gasteiger partial charge on any atom is 0.141 e. The lowest BCUT2D eigenvalue weighted by molar-refractivity contribution is 0.301. The third-order valence-electron chi connectivity index (χ3n) is 6.00. The van der Waals surface area contributed by atoms with Crippen LogP contribution in [-0.4, -0.2) is 39.5 Å². The number of ether oxygens (including phenoxy) is 1. The van der Waals surface area contributed by atoms with Crippen molar-refractivity contribution < 1.29 is 4.74 Å². The van der Waals surface area contributed by atoms with Crippen molar-refractivity contribution in [3.63, 3.8) is 0 Å². The molecule has 0 saturated carbocycles. The Balaban J connectivity index is 1.35. The van der Waals surface area contributed by atoms with Crippen molar-refractivity contribution in [1.29, 1.82) is 0 Å². The quantitative estimate of drug-likeness (QED) is 0.303. The third-order valence-corrected chi connectivity index (χ3v) is 6.29. The van der Waals surface area contributed by atoms with Gasteiger partial charge >= 0.3 is 0 Å². The summed E-state index contributed by atoms with van der Waals surface area (Å²) in [5, 5.41) is 4.61. The van der Waals surface area contributed by atoms with Gasteiger partial charge in [0.2, 0.25) is 0 Å². The van der Waals surface area contributed by atoms with Crippen molar-refractivity contribution in [2.75, 3.05) is 24.6 Å². The van der Waals surface area contributed by atoms with Crippen LogP contribution >= 0.6 is 11.6 Å². The second-order valence-corrected chi connectivity index (χ2v) is 8.87. The van der Waals surface area contributed by atoms with Gasteiger partial charge in [-0.3, -0.25) is 9.88 Å². The number of nitrogens with two attached hydrogens (primary N) is 1. The molecule has 0 bridgehead atoms. The molecule has 1 fully saturated rings. The van der Waals surface area contributed by atoms with Crippen molar-refractivity contribution in [3.8, 4) is 17.6 Å². The van der Waals surface area contributed by atoms with E-state index < -0.39 is 0 Å². The Labute approximate surface area is 209 Å². The summed E-state index contributed by atoms with van der Waals surface area (Å²) in [4.78, 5) is 15.4. The molecule has 1 atom stereocenters. The summed E-state index contributed by atoms with van der Waals surface area (Å²) in [6.07, 6.45) is 5.51. The Morgan fingerprint density at radius 3 is 2.86 bits per heavy atom. The van der Waals surface area contributed by atoms with Gasteiger partial charge in [0.05, 0.1) is 22.3 Å². The summed E-state index contributed by atoms with van der Waals surface area (Å²) in [6.45, 7) is 1.42. The summed E-state index contributed by atoms with van der Waals surface area (Å²) in [5.41, 5.74) is 10.1. The predicted octanol–water partition coefficient (Wildman–Crippen LogP) is 5.03. The lowest BCUT2D eigenvalue weighted by atomic mass is 10.1. The molecule has 1 aliphatic heterocycles. The molecule has 7 nitrogen and oxygen atoms in total. The molecule has 3 N–H and O–H groups in total. The fourth-order valence-electron chi connectivity index (χ4n) is 4.05. The van der Waals surface area contributed by atoms with Gasteiger partial charge in [0.25, 0.3) is 0 Å². The second kappa shape index (κ2) is 10.2. The number of nitrogen functional groups attached to an aromatic ring is 1. The standard InChI is InChI=1S/C27H25ClN6O/c1-34-12-4-6-21(34)9-7-18-13-25-22(15-24(18)29)27(32-17-31-25)33-19-8-10-26(23(28)14-19)35-16-20-5-2-3-11-30-20/h2-3,5,8,10-11,13-15,17,21H,4,6,12,16,29H2,1H3,(H,31,32,33). The van der Waals surface area contributed by atoms with Crippen LogP contribution in [0.3, 0.4) is 0 Å². The minimum absolute atomic E-state index is 0.272. The van der Waals surface area contributed by atoms with Gasteiger partial charge in [-0.25, -0.2) is 9.97 Å². The molecule has 4 aromatic rings. The number of hydrogen-bond acceptors (Lipinski definition) is 7. The third kappa shape index (κ3) is 5.29. The number of anilines is 3. The first kappa shape index (κ1) is 22.9. The molecular weight excluding hydrogens is 460 g/mol. The Bertz CT molecular complexity index is 1420. The summed E-state index contributed by atoms with van der Waals surface area (Å²) >= 11 is 6.47. The van der Waals surface area contributed by atoms with E-state index >= 15 is 0 Å². The smallest absolute Gasteiger partial charge is 0.141 e. The van der Waals surface area contributed by atoms with E-state index in [9.17, 15) is 0 Å². The summed E-state index contributed by atoms with van der Waals surface area (Å²) in [5.74, 6) is 7.81. The molecule has 0 radical (unpaired) electrons. The van der Waals surface area contributed by atoms with Crippen LogP contribution in [0.1, 0.15) is 24.1 Å². The molecule has 1 aliphatic rings. The number of pyridine rings is 1. The first-order valence-electron chi connectivity index (χ1n) is 11.4. The Morgan fingerprint density at radius 2 is 2.09 bits per heavy atom. The molecule has 5 rings (SSSR count). The zero-order valence-corrected chi connectivity index (χ0v) is 20.1. The van der Waals surface area contributed by atoms with Crippen molar-refractivity contribution >= 4 is 39.7 Å². The molecule has 0 amide bonds. The van der Waals surface area contributed by atoms with E-state index in [4.69, 9.17) is 22.1 Å². The van der Waals surface area contributed by atoms with Gasteiger partial charge in [-0.05, 0) is 68.9 Å². The van der Waals surface area contributed by atoms with E-state index in [1.807, 2.05) is 42.5 Å². The number of fused-ring (bicyclic) bond motifs is 1. The van der Waals surface area contributed by atoms with Crippen molar-refractivity contribution in [2.24, 2.45) is 0 Å². The highest BCUT2D eigenvalue weighted by Gasteiger charge is 2.18. The number of hydrogen-bond donors (Lipinski definition) is 2. The lowest BCUT2D eigenvalue weighted by Gasteiger charge is -2.13. The predicted molar refractivity (Wildman–Crippen MR) is 140 cm³/mol. The molecule has 0 spiro atoms. The van der Waals surface area contributed by atoms with Crippen LogP contribution in [-0.2, 0) is 6.61 Å². The average Bonchev–Trinajstić information content (AvgIpc) is 3.28. The zero-order valence-electron chi connectivity index (χ0n) is 19.3. The Hall–Kier alpha value is -3.86. The minimum atomic E-state index is 0.272. The minimum Gasteiger partial charge on any atom is -0.486 e. The first-order valence-corrected chi connectivity index (χ1v) is 11.8. The molecule has 2 aromatic heterocycles. The van der Waals surface area contributed by atoms with Crippen LogP contribution in [0.15, 0.2) is 61.1 Å². The van der Waals surface area contributed by atoms with Crippen LogP contribution < -0.4 is 15.8 Å². The van der Waals surface area contributed by atoms with Crippen LogP contribution in [0.4, 0.5) is 17.2 Å². The first-order chi connectivity index (χ1) is 17.1. The van der Waals surface area contributed by atoms with Gasteiger partial charge in [0.1, 0.15) is 24.5 Å². The Morgan fingerprint density at radius 1 is 1.17 bits per heavy atom. The van der Waals surface area contributed by atoms with Gasteiger partial charge in [-0.15, -0.1) is 0 Å². The number of nitrogens with zero attached hydrogens (tertiary/aromatic N) is 4. The second-order valence-electron chi connectivity index (χ2n) is 8.47. The Kier molecular flexibility index (Phi) is 6.66. The average molecular weight is 485 g/mol. The highest BCUT2D eigenvalue weighted by Crippen LogP contribution is 2.32. The molecule has 1 unspecified atom stereocenters. The number of halogens is 1. The van der Waals surface area contributed by atoms with Gasteiger partial charge in [0, 0.05) is 28.5 Å². The molecule has 2 aromatic carbocycles. The topological polar surface area (TPSA) is 89.2 Å². The van der Waals surface area contributed by atoms with E-state index in [0.29, 0.717) is 28.9 Å². The van der Waals surface area contributed by atoms with Crippen LogP contribution in [0.2, 0.25) is 5.02 Å². The zero-order chi connectivity index (χ0) is 24.2. The molecular formula is C27H25ClN6O. The number of rotatable bonds is 5. The summed E-state index contributed by atoms with van der Waals surface area (Å²) < 4.78 is 5.81. The largest absolute Gasteiger partial charge is 0.486 e. The summed E-state index contributed by atoms with van der Waals surface area (Å²) in [7, 11) is 2.10. The van der Waals surface area contributed by atoms with Gasteiger partial charge in [-0.1, -0.05) is 29.5 Å². The number of benzene rings is 2. The molecule has 176 valence electrons. The van der Waals surface area contributed by atoms with Crippen LogP contribution in [0.5, 0.6) is 5.75 Å². The van der Waals surface area contributed by atoms with Crippen molar-refractivity contribution in [2.45, 2.75) is 25.5 Å². The van der Waals surface area contributed by atoms with Crippen molar-refractivity contribution in [1.82, 2.24) is 19.9 Å². The van der Waals surface area contributed by atoms with E-state index in [2.05, 4.69) is 44.1 Å². The highest BCUT2D eigenvalue weighted by atomic mass is 35.5. The van der Waals surface area contributed by atoms with Crippen LogP contribution in [0, 0.1) is 11.8 Å². The maximum atomic E-state index is 6.47. The van der Waals surface area contributed by atoms with E-state index in [1.54, 1.807) is 12.3 Å². The van der Waals surface area contributed by atoms with E-state index in [1.165, 1.54) is 12.7 Å². The van der Waals surface area contributed by atoms with E-state index in [-0.39, 0.29) is 6.04 Å². The molecule has 8 heteroatoms. The maximum absolute atomic E-state index is 6.47. The molecule has 1 saturated heterocycles. The van der Waals surface area contributed by atoms with Gasteiger partial charge < -0.3 is 15.8 Å². The van der Waals surface area contributed by atoms with E-state index in [0.717, 1.165) is 40.8 Å².